The monoisotopic (exact) mass is 480 g/mol. The molecule has 2 aliphatic rings. The number of anilines is 1. The lowest BCUT2D eigenvalue weighted by Gasteiger charge is -2.34. The first-order valence-electron chi connectivity index (χ1n) is 12.2. The SMILES string of the molecule is O=C(N[C@@H](CNC(=O)[C@H]1C[C@H](CCc2ccc3c(n2)NCCC3)C1)C(=O)O)OCc1ccccc1. The van der Waals surface area contributed by atoms with E-state index in [1.807, 2.05) is 18.2 Å². The van der Waals surface area contributed by atoms with E-state index in [0.717, 1.165) is 62.1 Å². The van der Waals surface area contributed by atoms with Crippen LogP contribution in [-0.2, 0) is 33.8 Å². The molecule has 0 spiro atoms. The first kappa shape index (κ1) is 24.5. The molecule has 9 nitrogen and oxygen atoms in total. The molecular weight excluding hydrogens is 448 g/mol. The van der Waals surface area contributed by atoms with Crippen molar-refractivity contribution < 1.29 is 24.2 Å². The van der Waals surface area contributed by atoms with Crippen molar-refractivity contribution in [2.24, 2.45) is 11.8 Å². The second kappa shape index (κ2) is 11.7. The summed E-state index contributed by atoms with van der Waals surface area (Å²) in [7, 11) is 0. The molecule has 1 aliphatic heterocycles. The number of nitrogens with one attached hydrogen (secondary N) is 3. The minimum atomic E-state index is -1.26. The first-order valence-corrected chi connectivity index (χ1v) is 12.2. The fourth-order valence-electron chi connectivity index (χ4n) is 4.50. The molecular formula is C26H32N4O5. The number of rotatable bonds is 10. The minimum Gasteiger partial charge on any atom is -0.480 e. The Morgan fingerprint density at radius 2 is 1.94 bits per heavy atom. The van der Waals surface area contributed by atoms with Gasteiger partial charge in [0.1, 0.15) is 18.5 Å². The van der Waals surface area contributed by atoms with E-state index in [1.54, 1.807) is 12.1 Å². The molecule has 4 rings (SSSR count). The highest BCUT2D eigenvalue weighted by Gasteiger charge is 2.34. The highest BCUT2D eigenvalue weighted by molar-refractivity contribution is 5.83. The predicted octanol–water partition coefficient (Wildman–Crippen LogP) is 2.89. The highest BCUT2D eigenvalue weighted by atomic mass is 16.5. The van der Waals surface area contributed by atoms with Gasteiger partial charge in [-0.3, -0.25) is 4.79 Å². The van der Waals surface area contributed by atoms with E-state index in [9.17, 15) is 19.5 Å². The molecule has 9 heteroatoms. The third kappa shape index (κ3) is 6.94. The van der Waals surface area contributed by atoms with E-state index in [1.165, 1.54) is 5.56 Å². The van der Waals surface area contributed by atoms with Crippen molar-refractivity contribution in [2.75, 3.05) is 18.4 Å². The van der Waals surface area contributed by atoms with Crippen molar-refractivity contribution in [3.63, 3.8) is 0 Å². The van der Waals surface area contributed by atoms with Gasteiger partial charge >= 0.3 is 12.1 Å². The number of carboxylic acid groups (broad SMARTS) is 1. The number of aryl methyl sites for hydroxylation is 2. The maximum Gasteiger partial charge on any atom is 0.408 e. The summed E-state index contributed by atoms with van der Waals surface area (Å²) in [4.78, 5) is 40.7. The van der Waals surface area contributed by atoms with E-state index < -0.39 is 18.1 Å². The summed E-state index contributed by atoms with van der Waals surface area (Å²) in [5, 5.41) is 17.7. The van der Waals surface area contributed by atoms with Gasteiger partial charge in [0.05, 0.1) is 0 Å². The quantitative estimate of drug-likeness (QED) is 0.411. The number of amides is 2. The van der Waals surface area contributed by atoms with Crippen LogP contribution in [0, 0.1) is 11.8 Å². The molecule has 1 aliphatic carbocycles. The molecule has 2 amide bonds. The molecule has 1 fully saturated rings. The maximum atomic E-state index is 12.5. The molecule has 2 aromatic rings. The van der Waals surface area contributed by atoms with Gasteiger partial charge in [0.15, 0.2) is 0 Å². The lowest BCUT2D eigenvalue weighted by molar-refractivity contribution is -0.139. The zero-order chi connectivity index (χ0) is 24.6. The molecule has 4 N–H and O–H groups in total. The zero-order valence-corrected chi connectivity index (χ0v) is 19.7. The predicted molar refractivity (Wildman–Crippen MR) is 130 cm³/mol. The number of ether oxygens (including phenoxy) is 1. The van der Waals surface area contributed by atoms with E-state index in [4.69, 9.17) is 9.72 Å². The number of carboxylic acids is 1. The summed E-state index contributed by atoms with van der Waals surface area (Å²) < 4.78 is 5.07. The van der Waals surface area contributed by atoms with Gasteiger partial charge < -0.3 is 25.8 Å². The minimum absolute atomic E-state index is 0.0341. The van der Waals surface area contributed by atoms with Crippen LogP contribution in [-0.4, -0.2) is 47.2 Å². The van der Waals surface area contributed by atoms with E-state index >= 15 is 0 Å². The molecule has 0 saturated heterocycles. The lowest BCUT2D eigenvalue weighted by Crippen LogP contribution is -2.50. The second-order valence-electron chi connectivity index (χ2n) is 9.26. The number of carbonyl (C=O) groups is 3. The van der Waals surface area contributed by atoms with Crippen LogP contribution in [0.1, 0.15) is 42.5 Å². The van der Waals surface area contributed by atoms with Crippen LogP contribution in [0.25, 0.3) is 0 Å². The molecule has 0 unspecified atom stereocenters. The van der Waals surface area contributed by atoms with Crippen LogP contribution >= 0.6 is 0 Å². The molecule has 35 heavy (non-hydrogen) atoms. The summed E-state index contributed by atoms with van der Waals surface area (Å²) in [6, 6.07) is 12.1. The molecule has 0 bridgehead atoms. The number of alkyl carbamates (subject to hydrolysis) is 1. The number of benzene rings is 1. The number of nitrogens with zero attached hydrogens (tertiary/aromatic N) is 1. The maximum absolute atomic E-state index is 12.5. The average molecular weight is 481 g/mol. The van der Waals surface area contributed by atoms with Crippen LogP contribution in [0.3, 0.4) is 0 Å². The number of carbonyl (C=O) groups excluding carboxylic acids is 2. The Hall–Kier alpha value is -3.62. The van der Waals surface area contributed by atoms with Crippen molar-refractivity contribution in [2.45, 2.75) is 51.2 Å². The van der Waals surface area contributed by atoms with Gasteiger partial charge in [0, 0.05) is 24.7 Å². The van der Waals surface area contributed by atoms with Crippen LogP contribution in [0.15, 0.2) is 42.5 Å². The number of aromatic nitrogens is 1. The Morgan fingerprint density at radius 3 is 2.71 bits per heavy atom. The topological polar surface area (TPSA) is 130 Å². The molecule has 186 valence electrons. The smallest absolute Gasteiger partial charge is 0.408 e. The highest BCUT2D eigenvalue weighted by Crippen LogP contribution is 2.37. The number of aliphatic carboxylic acids is 1. The fraction of sp³-hybridized carbons (Fsp3) is 0.462. The van der Waals surface area contributed by atoms with Crippen LogP contribution in [0.4, 0.5) is 10.6 Å². The molecule has 2 heterocycles. The van der Waals surface area contributed by atoms with E-state index in [2.05, 4.69) is 28.1 Å². The van der Waals surface area contributed by atoms with Gasteiger partial charge in [-0.2, -0.15) is 0 Å². The van der Waals surface area contributed by atoms with Crippen molar-refractivity contribution >= 4 is 23.8 Å². The normalized spacial score (nSPS) is 19.3. The Kier molecular flexibility index (Phi) is 8.18. The summed E-state index contributed by atoms with van der Waals surface area (Å²) in [5.74, 6) is -0.0794. The van der Waals surface area contributed by atoms with Crippen LogP contribution < -0.4 is 16.0 Å². The second-order valence-corrected chi connectivity index (χ2v) is 9.26. The van der Waals surface area contributed by atoms with Crippen molar-refractivity contribution in [3.05, 3.63) is 59.3 Å². The third-order valence-corrected chi connectivity index (χ3v) is 6.65. The molecule has 1 saturated carbocycles. The van der Waals surface area contributed by atoms with Crippen molar-refractivity contribution in [3.8, 4) is 0 Å². The Labute approximate surface area is 204 Å². The average Bonchev–Trinajstić information content (AvgIpc) is 2.84. The van der Waals surface area contributed by atoms with Gasteiger partial charge in [-0.1, -0.05) is 36.4 Å². The Balaban J connectivity index is 1.14. The van der Waals surface area contributed by atoms with E-state index in [0.29, 0.717) is 5.92 Å². The number of hydrogen-bond acceptors (Lipinski definition) is 6. The largest absolute Gasteiger partial charge is 0.480 e. The lowest BCUT2D eigenvalue weighted by atomic mass is 9.72. The molecule has 0 radical (unpaired) electrons. The number of hydrogen-bond donors (Lipinski definition) is 4. The number of fused-ring (bicyclic) bond motifs is 1. The van der Waals surface area contributed by atoms with Crippen LogP contribution in [0.5, 0.6) is 0 Å². The van der Waals surface area contributed by atoms with Gasteiger partial charge in [-0.05, 0) is 61.6 Å². The van der Waals surface area contributed by atoms with Crippen molar-refractivity contribution in [1.29, 1.82) is 0 Å². The first-order chi connectivity index (χ1) is 17.0. The summed E-state index contributed by atoms with van der Waals surface area (Å²) in [6.07, 6.45) is 4.78. The van der Waals surface area contributed by atoms with Gasteiger partial charge in [-0.15, -0.1) is 0 Å². The fourth-order valence-corrected chi connectivity index (χ4v) is 4.50. The summed E-state index contributed by atoms with van der Waals surface area (Å²) in [6.45, 7) is 0.810. The van der Waals surface area contributed by atoms with Crippen molar-refractivity contribution in [1.82, 2.24) is 15.6 Å². The Morgan fingerprint density at radius 1 is 1.14 bits per heavy atom. The zero-order valence-electron chi connectivity index (χ0n) is 19.7. The third-order valence-electron chi connectivity index (χ3n) is 6.65. The van der Waals surface area contributed by atoms with Gasteiger partial charge in [0.2, 0.25) is 5.91 Å². The summed E-state index contributed by atoms with van der Waals surface area (Å²) >= 11 is 0. The van der Waals surface area contributed by atoms with E-state index in [-0.39, 0.29) is 25.0 Å². The standard InChI is InChI=1S/C26H32N4O5/c31-24(28-15-22(25(32)33)30-26(34)35-16-17-5-2-1-3-6-17)20-13-18(14-20)8-10-21-11-9-19-7-4-12-27-23(19)29-21/h1-3,5-6,9,11,18,20,22H,4,7-8,10,12-16H2,(H,27,29)(H,28,31)(H,30,34)(H,32,33)/t18-,20-,22-/m0/s1. The molecule has 1 atom stereocenters. The van der Waals surface area contributed by atoms with Crippen LogP contribution in [0.2, 0.25) is 0 Å². The molecule has 1 aromatic heterocycles. The van der Waals surface area contributed by atoms with Gasteiger partial charge in [-0.25, -0.2) is 14.6 Å². The van der Waals surface area contributed by atoms with Gasteiger partial charge in [0.25, 0.3) is 0 Å². The Bertz CT molecular complexity index is 1040. The summed E-state index contributed by atoms with van der Waals surface area (Å²) in [5.41, 5.74) is 3.14. The molecule has 1 aromatic carbocycles. The number of pyridine rings is 1.